The lowest BCUT2D eigenvalue weighted by molar-refractivity contribution is -0.167. The first kappa shape index (κ1) is 18.4. The molecular weight excluding hydrogens is 328 g/mol. The van der Waals surface area contributed by atoms with Gasteiger partial charge in [-0.25, -0.2) is 4.39 Å². The van der Waals surface area contributed by atoms with Crippen molar-refractivity contribution in [2.45, 2.75) is 45.4 Å². The number of alkyl halides is 3. The van der Waals surface area contributed by atoms with Crippen molar-refractivity contribution in [1.29, 1.82) is 0 Å². The van der Waals surface area contributed by atoms with Crippen LogP contribution in [0.3, 0.4) is 0 Å². The highest BCUT2D eigenvalue weighted by atomic mass is 19.4. The van der Waals surface area contributed by atoms with Crippen molar-refractivity contribution in [3.63, 3.8) is 0 Å². The maximum Gasteiger partial charge on any atom is 0.419 e. The number of aryl methyl sites for hydroxylation is 1. The number of hydrogen-bond acceptors (Lipinski definition) is 3. The third-order valence-corrected chi connectivity index (χ3v) is 4.14. The molecular formula is C17H18F4O3. The Balaban J connectivity index is 2.06. The van der Waals surface area contributed by atoms with Gasteiger partial charge in [0.05, 0.1) is 5.56 Å². The van der Waals surface area contributed by atoms with Crippen molar-refractivity contribution in [1.82, 2.24) is 0 Å². The van der Waals surface area contributed by atoms with Crippen molar-refractivity contribution < 1.29 is 31.9 Å². The lowest BCUT2D eigenvalue weighted by Gasteiger charge is -2.29. The highest BCUT2D eigenvalue weighted by molar-refractivity contribution is 6.01. The molecule has 0 amide bonds. The van der Waals surface area contributed by atoms with Gasteiger partial charge in [0.25, 0.3) is 0 Å². The Kier molecular flexibility index (Phi) is 5.30. The number of benzene rings is 1. The molecule has 0 aromatic heterocycles. The van der Waals surface area contributed by atoms with Gasteiger partial charge in [-0.05, 0) is 36.5 Å². The van der Waals surface area contributed by atoms with Gasteiger partial charge in [0, 0.05) is 6.42 Å². The number of ketones is 1. The van der Waals surface area contributed by atoms with E-state index in [-0.39, 0.29) is 36.5 Å². The zero-order valence-corrected chi connectivity index (χ0v) is 13.3. The largest absolute Gasteiger partial charge is 0.461 e. The minimum atomic E-state index is -4.79. The molecule has 1 aromatic rings. The average molecular weight is 346 g/mol. The second kappa shape index (κ2) is 6.91. The first-order valence-corrected chi connectivity index (χ1v) is 7.68. The normalized spacial score (nSPS) is 22.0. The fourth-order valence-corrected chi connectivity index (χ4v) is 2.65. The summed E-state index contributed by atoms with van der Waals surface area (Å²) in [5.74, 6) is -3.20. The number of carbonyl (C=O) groups is 2. The van der Waals surface area contributed by atoms with Crippen LogP contribution < -0.4 is 0 Å². The molecule has 1 saturated heterocycles. The van der Waals surface area contributed by atoms with Crippen LogP contribution in [0.2, 0.25) is 0 Å². The Labute approximate surface area is 137 Å². The summed E-state index contributed by atoms with van der Waals surface area (Å²) in [5, 5.41) is 0. The highest BCUT2D eigenvalue weighted by Crippen LogP contribution is 2.32. The maximum atomic E-state index is 13.3. The fourth-order valence-electron chi connectivity index (χ4n) is 2.65. The lowest BCUT2D eigenvalue weighted by Crippen LogP contribution is -2.40. The van der Waals surface area contributed by atoms with E-state index in [0.29, 0.717) is 6.07 Å². The van der Waals surface area contributed by atoms with Crippen molar-refractivity contribution in [3.05, 3.63) is 35.1 Å². The monoisotopic (exact) mass is 346 g/mol. The predicted molar refractivity (Wildman–Crippen MR) is 77.6 cm³/mol. The molecule has 132 valence electrons. The number of carbonyl (C=O) groups excluding carboxylic acids is 2. The van der Waals surface area contributed by atoms with Crippen LogP contribution in [-0.2, 0) is 26.9 Å². The van der Waals surface area contributed by atoms with Crippen molar-refractivity contribution in [3.8, 4) is 0 Å². The molecule has 3 nitrogen and oxygen atoms in total. The van der Waals surface area contributed by atoms with E-state index in [1.54, 1.807) is 0 Å². The molecule has 1 aliphatic rings. The van der Waals surface area contributed by atoms with Crippen LogP contribution in [0.1, 0.15) is 37.8 Å². The topological polar surface area (TPSA) is 43.4 Å². The predicted octanol–water partition coefficient (Wildman–Crippen LogP) is 3.93. The van der Waals surface area contributed by atoms with Gasteiger partial charge in [-0.1, -0.05) is 19.9 Å². The summed E-state index contributed by atoms with van der Waals surface area (Å²) in [6, 6.07) is 2.68. The van der Waals surface area contributed by atoms with Crippen LogP contribution in [0, 0.1) is 17.7 Å². The first-order chi connectivity index (χ1) is 11.1. The van der Waals surface area contributed by atoms with Gasteiger partial charge in [0.15, 0.2) is 5.78 Å². The molecule has 0 bridgehead atoms. The van der Waals surface area contributed by atoms with E-state index in [2.05, 4.69) is 0 Å². The smallest absolute Gasteiger partial charge is 0.419 e. The van der Waals surface area contributed by atoms with Crippen LogP contribution in [0.4, 0.5) is 17.6 Å². The van der Waals surface area contributed by atoms with E-state index < -0.39 is 35.5 Å². The second-order valence-corrected chi connectivity index (χ2v) is 6.29. The summed E-state index contributed by atoms with van der Waals surface area (Å²) in [5.41, 5.74) is -1.13. The Morgan fingerprint density at radius 1 is 1.25 bits per heavy atom. The summed E-state index contributed by atoms with van der Waals surface area (Å²) in [4.78, 5) is 24.0. The SMILES string of the molecule is CC(C)C1CC(=O)C(CCc2ccc(F)c(C(F)(F)F)c2)C(=O)O1. The molecule has 1 fully saturated rings. The van der Waals surface area contributed by atoms with Gasteiger partial charge >= 0.3 is 12.1 Å². The van der Waals surface area contributed by atoms with E-state index in [4.69, 9.17) is 4.74 Å². The van der Waals surface area contributed by atoms with Crippen molar-refractivity contribution >= 4 is 11.8 Å². The van der Waals surface area contributed by atoms with Gasteiger partial charge in [0.1, 0.15) is 17.8 Å². The van der Waals surface area contributed by atoms with Crippen LogP contribution in [-0.4, -0.2) is 17.9 Å². The summed E-state index contributed by atoms with van der Waals surface area (Å²) >= 11 is 0. The molecule has 0 spiro atoms. The number of Topliss-reactive ketones (excluding diaryl/α,β-unsaturated/α-hetero) is 1. The third kappa shape index (κ3) is 4.13. The van der Waals surface area contributed by atoms with Crippen molar-refractivity contribution in [2.75, 3.05) is 0 Å². The molecule has 1 aromatic carbocycles. The van der Waals surface area contributed by atoms with Crippen molar-refractivity contribution in [2.24, 2.45) is 11.8 Å². The molecule has 1 heterocycles. The quantitative estimate of drug-likeness (QED) is 0.471. The summed E-state index contributed by atoms with van der Waals surface area (Å²) < 4.78 is 56.6. The minimum Gasteiger partial charge on any atom is -0.461 e. The van der Waals surface area contributed by atoms with Crippen LogP contribution in [0.15, 0.2) is 18.2 Å². The summed E-state index contributed by atoms with van der Waals surface area (Å²) in [7, 11) is 0. The molecule has 1 aliphatic heterocycles. The number of ether oxygens (including phenoxy) is 1. The molecule has 2 unspecified atom stereocenters. The number of rotatable bonds is 4. The molecule has 7 heteroatoms. The third-order valence-electron chi connectivity index (χ3n) is 4.14. The number of halogens is 4. The maximum absolute atomic E-state index is 13.3. The second-order valence-electron chi connectivity index (χ2n) is 6.29. The Morgan fingerprint density at radius 2 is 1.92 bits per heavy atom. The van der Waals surface area contributed by atoms with Gasteiger partial charge in [-0.15, -0.1) is 0 Å². The van der Waals surface area contributed by atoms with Crippen LogP contribution in [0.25, 0.3) is 0 Å². The van der Waals surface area contributed by atoms with Gasteiger partial charge in [-0.3, -0.25) is 9.59 Å². The van der Waals surface area contributed by atoms with Gasteiger partial charge < -0.3 is 4.74 Å². The molecule has 24 heavy (non-hydrogen) atoms. The molecule has 0 saturated carbocycles. The summed E-state index contributed by atoms with van der Waals surface area (Å²) in [6.45, 7) is 3.67. The fraction of sp³-hybridized carbons (Fsp3) is 0.529. The average Bonchev–Trinajstić information content (AvgIpc) is 2.46. The zero-order valence-electron chi connectivity index (χ0n) is 13.3. The molecule has 0 radical (unpaired) electrons. The first-order valence-electron chi connectivity index (χ1n) is 7.68. The molecule has 2 rings (SSSR count). The van der Waals surface area contributed by atoms with E-state index in [0.717, 1.165) is 6.07 Å². The van der Waals surface area contributed by atoms with Gasteiger partial charge in [0.2, 0.25) is 0 Å². The van der Waals surface area contributed by atoms with E-state index >= 15 is 0 Å². The van der Waals surface area contributed by atoms with Crippen LogP contribution in [0.5, 0.6) is 0 Å². The number of cyclic esters (lactones) is 1. The Bertz CT molecular complexity index is 619. The standard InChI is InChI=1S/C17H18F4O3/c1-9(2)15-8-14(22)11(16(23)24-15)5-3-10-4-6-13(18)12(7-10)17(19,20)21/h4,6-7,9,11,15H,3,5,8H2,1-2H3. The minimum absolute atomic E-state index is 0.0188. The lowest BCUT2D eigenvalue weighted by atomic mass is 9.87. The Hall–Kier alpha value is -1.92. The molecule has 0 aliphatic carbocycles. The molecule has 2 atom stereocenters. The van der Waals surface area contributed by atoms with Gasteiger partial charge in [-0.2, -0.15) is 13.2 Å². The Morgan fingerprint density at radius 3 is 2.46 bits per heavy atom. The van der Waals surface area contributed by atoms with E-state index in [9.17, 15) is 27.2 Å². The number of esters is 1. The number of hydrogen-bond donors (Lipinski definition) is 0. The molecule has 0 N–H and O–H groups in total. The van der Waals surface area contributed by atoms with E-state index in [1.807, 2.05) is 13.8 Å². The van der Waals surface area contributed by atoms with E-state index in [1.165, 1.54) is 6.07 Å². The highest BCUT2D eigenvalue weighted by Gasteiger charge is 2.38. The summed E-state index contributed by atoms with van der Waals surface area (Å²) in [6.07, 6.45) is -5.02. The zero-order chi connectivity index (χ0) is 18.1. The van der Waals surface area contributed by atoms with Crippen LogP contribution >= 0.6 is 0 Å².